The maximum atomic E-state index is 12.1. The van der Waals surface area contributed by atoms with Crippen LogP contribution in [0.15, 0.2) is 72.9 Å². The zero-order valence-corrected chi connectivity index (χ0v) is 15.3. The molecule has 0 aliphatic heterocycles. The van der Waals surface area contributed by atoms with Crippen molar-refractivity contribution in [1.29, 1.82) is 0 Å². The summed E-state index contributed by atoms with van der Waals surface area (Å²) in [6.45, 7) is 0.764. The van der Waals surface area contributed by atoms with Crippen molar-refractivity contribution in [2.45, 2.75) is 12.8 Å². The summed E-state index contributed by atoms with van der Waals surface area (Å²) in [6, 6.07) is 21.4. The summed E-state index contributed by atoms with van der Waals surface area (Å²) in [6.07, 6.45) is 2.88. The van der Waals surface area contributed by atoms with Gasteiger partial charge in [0, 0.05) is 6.54 Å². The minimum absolute atomic E-state index is 0.0539. The Bertz CT molecular complexity index is 864. The van der Waals surface area contributed by atoms with Crippen molar-refractivity contribution in [1.82, 2.24) is 4.98 Å². The number of carbonyl (C=O) groups excluding carboxylic acids is 1. The third-order valence-corrected chi connectivity index (χ3v) is 4.11. The van der Waals surface area contributed by atoms with E-state index in [2.05, 4.69) is 21.7 Å². The molecule has 3 aromatic rings. The molecule has 0 aliphatic rings. The third-order valence-electron chi connectivity index (χ3n) is 4.11. The number of amides is 1. The van der Waals surface area contributed by atoms with Crippen molar-refractivity contribution in [3.8, 4) is 5.75 Å². The highest BCUT2D eigenvalue weighted by Gasteiger charge is 2.04. The highest BCUT2D eigenvalue weighted by molar-refractivity contribution is 5.92. The fourth-order valence-electron chi connectivity index (χ4n) is 2.72. The molecule has 0 fully saturated rings. The summed E-state index contributed by atoms with van der Waals surface area (Å²) in [7, 11) is 1.67. The van der Waals surface area contributed by atoms with Crippen molar-refractivity contribution in [3.05, 3.63) is 84.1 Å². The molecule has 1 amide bonds. The third kappa shape index (κ3) is 5.85. The number of hydrogen-bond acceptors (Lipinski definition) is 4. The molecule has 2 aromatic carbocycles. The Morgan fingerprint density at radius 2 is 1.81 bits per heavy atom. The molecule has 27 heavy (non-hydrogen) atoms. The average molecular weight is 361 g/mol. The minimum Gasteiger partial charge on any atom is -0.497 e. The summed E-state index contributed by atoms with van der Waals surface area (Å²) in [4.78, 5) is 16.4. The van der Waals surface area contributed by atoms with Crippen LogP contribution in [0.2, 0.25) is 0 Å². The maximum Gasteiger partial charge on any atom is 0.228 e. The quantitative estimate of drug-likeness (QED) is 0.638. The van der Waals surface area contributed by atoms with Gasteiger partial charge < -0.3 is 15.4 Å². The fraction of sp³-hybridized carbons (Fsp3) is 0.182. The molecule has 0 radical (unpaired) electrons. The molecule has 1 heterocycles. The number of nitrogens with one attached hydrogen (secondary N) is 2. The van der Waals surface area contributed by atoms with Gasteiger partial charge in [0.1, 0.15) is 11.6 Å². The standard InChI is InChI=1S/C22H23N3O2/c1-27-20-9-5-8-18(14-20)12-13-23-21-11-10-19(16-24-21)25-22(26)15-17-6-3-2-4-7-17/h2-11,14,16H,12-13,15H2,1H3,(H,23,24)(H,25,26). The van der Waals surface area contributed by atoms with E-state index in [0.717, 1.165) is 30.1 Å². The van der Waals surface area contributed by atoms with Gasteiger partial charge in [0.25, 0.3) is 0 Å². The molecule has 3 rings (SSSR count). The lowest BCUT2D eigenvalue weighted by atomic mass is 10.1. The van der Waals surface area contributed by atoms with Gasteiger partial charge >= 0.3 is 0 Å². The van der Waals surface area contributed by atoms with Crippen LogP contribution in [0.5, 0.6) is 5.75 Å². The highest BCUT2D eigenvalue weighted by Crippen LogP contribution is 2.14. The van der Waals surface area contributed by atoms with E-state index in [1.165, 1.54) is 5.56 Å². The second-order valence-corrected chi connectivity index (χ2v) is 6.17. The Morgan fingerprint density at radius 3 is 2.56 bits per heavy atom. The molecular weight excluding hydrogens is 338 g/mol. The highest BCUT2D eigenvalue weighted by atomic mass is 16.5. The molecule has 5 nitrogen and oxygen atoms in total. The van der Waals surface area contributed by atoms with Crippen LogP contribution < -0.4 is 15.4 Å². The van der Waals surface area contributed by atoms with E-state index in [1.54, 1.807) is 13.3 Å². The minimum atomic E-state index is -0.0539. The van der Waals surface area contributed by atoms with Gasteiger partial charge in [0.15, 0.2) is 0 Å². The number of aromatic nitrogens is 1. The normalized spacial score (nSPS) is 10.3. The zero-order chi connectivity index (χ0) is 18.9. The van der Waals surface area contributed by atoms with Crippen LogP contribution in [-0.4, -0.2) is 24.5 Å². The lowest BCUT2D eigenvalue weighted by molar-refractivity contribution is -0.115. The van der Waals surface area contributed by atoms with Crippen LogP contribution in [0.25, 0.3) is 0 Å². The Balaban J connectivity index is 1.46. The predicted molar refractivity (Wildman–Crippen MR) is 108 cm³/mol. The maximum absolute atomic E-state index is 12.1. The fourth-order valence-corrected chi connectivity index (χ4v) is 2.72. The number of pyridine rings is 1. The molecule has 0 saturated carbocycles. The summed E-state index contributed by atoms with van der Waals surface area (Å²) >= 11 is 0. The SMILES string of the molecule is COc1cccc(CCNc2ccc(NC(=O)Cc3ccccc3)cn2)c1. The van der Waals surface area contributed by atoms with Crippen molar-refractivity contribution in [3.63, 3.8) is 0 Å². The van der Waals surface area contributed by atoms with Crippen molar-refractivity contribution >= 4 is 17.4 Å². The largest absolute Gasteiger partial charge is 0.497 e. The van der Waals surface area contributed by atoms with E-state index >= 15 is 0 Å². The monoisotopic (exact) mass is 361 g/mol. The van der Waals surface area contributed by atoms with Crippen LogP contribution in [0, 0.1) is 0 Å². The van der Waals surface area contributed by atoms with Gasteiger partial charge in [-0.2, -0.15) is 0 Å². The second-order valence-electron chi connectivity index (χ2n) is 6.17. The van der Waals surface area contributed by atoms with E-state index in [-0.39, 0.29) is 5.91 Å². The first-order chi connectivity index (χ1) is 13.2. The molecule has 0 spiro atoms. The lowest BCUT2D eigenvalue weighted by Gasteiger charge is -2.09. The lowest BCUT2D eigenvalue weighted by Crippen LogP contribution is -2.14. The number of carbonyl (C=O) groups is 1. The van der Waals surface area contributed by atoms with Crippen molar-refractivity contribution < 1.29 is 9.53 Å². The van der Waals surface area contributed by atoms with E-state index in [1.807, 2.05) is 60.7 Å². The number of ether oxygens (including phenoxy) is 1. The molecule has 138 valence electrons. The Morgan fingerprint density at radius 1 is 1.00 bits per heavy atom. The average Bonchev–Trinajstić information content (AvgIpc) is 2.70. The van der Waals surface area contributed by atoms with Crippen LogP contribution in [0.3, 0.4) is 0 Å². The molecule has 0 unspecified atom stereocenters. The van der Waals surface area contributed by atoms with Gasteiger partial charge in [-0.3, -0.25) is 4.79 Å². The molecule has 0 bridgehead atoms. The zero-order valence-electron chi connectivity index (χ0n) is 15.3. The summed E-state index contributed by atoms with van der Waals surface area (Å²) < 4.78 is 5.23. The van der Waals surface area contributed by atoms with Gasteiger partial charge in [-0.15, -0.1) is 0 Å². The molecule has 0 aliphatic carbocycles. The number of anilines is 2. The van der Waals surface area contributed by atoms with Gasteiger partial charge in [0.2, 0.25) is 5.91 Å². The van der Waals surface area contributed by atoms with Crippen LogP contribution >= 0.6 is 0 Å². The van der Waals surface area contributed by atoms with Crippen molar-refractivity contribution in [2.24, 2.45) is 0 Å². The summed E-state index contributed by atoms with van der Waals surface area (Å²) in [5.41, 5.74) is 2.87. The number of nitrogens with zero attached hydrogens (tertiary/aromatic N) is 1. The van der Waals surface area contributed by atoms with Crippen LogP contribution in [0.4, 0.5) is 11.5 Å². The van der Waals surface area contributed by atoms with Gasteiger partial charge in [-0.1, -0.05) is 42.5 Å². The Labute approximate surface area is 159 Å². The van der Waals surface area contributed by atoms with Gasteiger partial charge in [-0.05, 0) is 41.8 Å². The number of rotatable bonds is 8. The Kier molecular flexibility index (Phi) is 6.41. The van der Waals surface area contributed by atoms with Crippen molar-refractivity contribution in [2.75, 3.05) is 24.3 Å². The van der Waals surface area contributed by atoms with E-state index in [9.17, 15) is 4.79 Å². The van der Waals surface area contributed by atoms with E-state index in [4.69, 9.17) is 4.74 Å². The molecule has 0 saturated heterocycles. The Hall–Kier alpha value is -3.34. The summed E-state index contributed by atoms with van der Waals surface area (Å²) in [5.74, 6) is 1.59. The smallest absolute Gasteiger partial charge is 0.228 e. The molecule has 1 aromatic heterocycles. The first-order valence-electron chi connectivity index (χ1n) is 8.89. The number of methoxy groups -OCH3 is 1. The molecule has 2 N–H and O–H groups in total. The van der Waals surface area contributed by atoms with Gasteiger partial charge in [0.05, 0.1) is 25.4 Å². The first-order valence-corrected chi connectivity index (χ1v) is 8.89. The molecular formula is C22H23N3O2. The number of benzene rings is 2. The summed E-state index contributed by atoms with van der Waals surface area (Å²) in [5, 5.41) is 6.16. The van der Waals surface area contributed by atoms with E-state index in [0.29, 0.717) is 12.1 Å². The van der Waals surface area contributed by atoms with Crippen LogP contribution in [0.1, 0.15) is 11.1 Å². The molecule has 5 heteroatoms. The first kappa shape index (κ1) is 18.5. The number of hydrogen-bond donors (Lipinski definition) is 2. The van der Waals surface area contributed by atoms with E-state index < -0.39 is 0 Å². The van der Waals surface area contributed by atoms with Gasteiger partial charge in [-0.25, -0.2) is 4.98 Å². The topological polar surface area (TPSA) is 63.2 Å². The van der Waals surface area contributed by atoms with Crippen LogP contribution in [-0.2, 0) is 17.6 Å². The molecule has 0 atom stereocenters. The predicted octanol–water partition coefficient (Wildman–Crippen LogP) is 3.93. The second kappa shape index (κ2) is 9.38.